The van der Waals surface area contributed by atoms with Gasteiger partial charge in [-0.05, 0) is 24.0 Å². The Labute approximate surface area is 89.0 Å². The molecular formula is C11H16S2. The van der Waals surface area contributed by atoms with Crippen molar-refractivity contribution >= 4 is 21.6 Å². The molecule has 0 nitrogen and oxygen atoms in total. The number of hydrogen-bond donors (Lipinski definition) is 0. The first kappa shape index (κ1) is 11.0. The molecule has 1 fully saturated rings. The standard InChI is InChI=1S/C11H16S2/c1-5-6-10-9(4)7-11(8(2)3)13-12-10/h5-6,8,11H,1,4,7H2,2-3H3/b10-6+. The van der Waals surface area contributed by atoms with Gasteiger partial charge in [-0.15, -0.1) is 0 Å². The Kier molecular flexibility index (Phi) is 4.20. The number of hydrogen-bond acceptors (Lipinski definition) is 2. The highest BCUT2D eigenvalue weighted by Gasteiger charge is 2.22. The molecule has 0 amide bonds. The van der Waals surface area contributed by atoms with Crippen molar-refractivity contribution in [3.05, 3.63) is 35.8 Å². The van der Waals surface area contributed by atoms with E-state index < -0.39 is 0 Å². The lowest BCUT2D eigenvalue weighted by Crippen LogP contribution is -2.14. The Balaban J connectivity index is 2.62. The van der Waals surface area contributed by atoms with Crippen LogP contribution in [0, 0.1) is 5.92 Å². The summed E-state index contributed by atoms with van der Waals surface area (Å²) in [5.41, 5.74) is 1.27. The molecule has 1 rings (SSSR count). The highest BCUT2D eigenvalue weighted by atomic mass is 33.1. The minimum atomic E-state index is 0.722. The molecule has 2 heteroatoms. The molecule has 1 saturated heterocycles. The molecule has 0 saturated carbocycles. The molecule has 0 spiro atoms. The van der Waals surface area contributed by atoms with E-state index in [1.165, 1.54) is 10.5 Å². The van der Waals surface area contributed by atoms with Gasteiger partial charge < -0.3 is 0 Å². The van der Waals surface area contributed by atoms with E-state index in [0.717, 1.165) is 17.6 Å². The minimum Gasteiger partial charge on any atom is -0.0990 e. The molecule has 0 aromatic rings. The maximum atomic E-state index is 4.10. The van der Waals surface area contributed by atoms with Crippen LogP contribution in [0.3, 0.4) is 0 Å². The molecular weight excluding hydrogens is 196 g/mol. The zero-order valence-electron chi connectivity index (χ0n) is 8.25. The van der Waals surface area contributed by atoms with Gasteiger partial charge in [0.1, 0.15) is 0 Å². The van der Waals surface area contributed by atoms with Crippen LogP contribution in [0.4, 0.5) is 0 Å². The van der Waals surface area contributed by atoms with Crippen LogP contribution in [0.25, 0.3) is 0 Å². The average Bonchev–Trinajstić information content (AvgIpc) is 2.08. The molecule has 0 N–H and O–H groups in total. The molecule has 0 radical (unpaired) electrons. The van der Waals surface area contributed by atoms with Crippen molar-refractivity contribution in [3.63, 3.8) is 0 Å². The fraction of sp³-hybridized carbons (Fsp3) is 0.455. The van der Waals surface area contributed by atoms with Crippen molar-refractivity contribution in [3.8, 4) is 0 Å². The average molecular weight is 212 g/mol. The Hall–Kier alpha value is -0.0800. The summed E-state index contributed by atoms with van der Waals surface area (Å²) in [4.78, 5) is 1.29. The van der Waals surface area contributed by atoms with Crippen LogP contribution in [-0.2, 0) is 0 Å². The topological polar surface area (TPSA) is 0 Å². The normalized spacial score (nSPS) is 26.8. The summed E-state index contributed by atoms with van der Waals surface area (Å²) in [6.45, 7) is 12.3. The predicted octanol–water partition coefficient (Wildman–Crippen LogP) is 4.42. The summed E-state index contributed by atoms with van der Waals surface area (Å²) >= 11 is 0. The van der Waals surface area contributed by atoms with Crippen molar-refractivity contribution in [1.29, 1.82) is 0 Å². The predicted molar refractivity (Wildman–Crippen MR) is 65.8 cm³/mol. The Bertz CT molecular complexity index is 238. The van der Waals surface area contributed by atoms with E-state index in [1.807, 2.05) is 27.7 Å². The Morgan fingerprint density at radius 3 is 2.69 bits per heavy atom. The summed E-state index contributed by atoms with van der Waals surface area (Å²) in [6.07, 6.45) is 5.01. The molecule has 1 unspecified atom stereocenters. The van der Waals surface area contributed by atoms with E-state index in [2.05, 4.69) is 33.1 Å². The second kappa shape index (κ2) is 4.97. The molecule has 1 atom stereocenters. The number of allylic oxidation sites excluding steroid dienone is 3. The van der Waals surface area contributed by atoms with Crippen LogP contribution >= 0.6 is 21.6 Å². The smallest absolute Gasteiger partial charge is 0.0218 e. The lowest BCUT2D eigenvalue weighted by atomic mass is 10.0. The maximum Gasteiger partial charge on any atom is 0.0218 e. The van der Waals surface area contributed by atoms with Crippen LogP contribution in [-0.4, -0.2) is 5.25 Å². The van der Waals surface area contributed by atoms with Crippen LogP contribution in [0.2, 0.25) is 0 Å². The van der Waals surface area contributed by atoms with E-state index in [4.69, 9.17) is 0 Å². The van der Waals surface area contributed by atoms with Gasteiger partial charge in [0.2, 0.25) is 0 Å². The quantitative estimate of drug-likeness (QED) is 0.621. The third-order valence-electron chi connectivity index (χ3n) is 2.07. The van der Waals surface area contributed by atoms with E-state index in [0.29, 0.717) is 0 Å². The van der Waals surface area contributed by atoms with Crippen molar-refractivity contribution in [2.75, 3.05) is 0 Å². The molecule has 13 heavy (non-hydrogen) atoms. The van der Waals surface area contributed by atoms with Gasteiger partial charge in [0, 0.05) is 10.2 Å². The summed E-state index contributed by atoms with van der Waals surface area (Å²) in [5, 5.41) is 0.722. The zero-order valence-corrected chi connectivity index (χ0v) is 9.88. The molecule has 1 aliphatic heterocycles. The summed E-state index contributed by atoms with van der Waals surface area (Å²) in [5.74, 6) is 0.736. The molecule has 0 aromatic heterocycles. The van der Waals surface area contributed by atoms with Gasteiger partial charge >= 0.3 is 0 Å². The fourth-order valence-corrected chi connectivity index (χ4v) is 4.29. The second-order valence-corrected chi connectivity index (χ2v) is 6.02. The molecule has 0 aromatic carbocycles. The van der Waals surface area contributed by atoms with E-state index >= 15 is 0 Å². The van der Waals surface area contributed by atoms with Gasteiger partial charge in [-0.25, -0.2) is 0 Å². The zero-order chi connectivity index (χ0) is 9.84. The van der Waals surface area contributed by atoms with Crippen LogP contribution in [0.15, 0.2) is 35.8 Å². The van der Waals surface area contributed by atoms with E-state index in [9.17, 15) is 0 Å². The van der Waals surface area contributed by atoms with Crippen LogP contribution in [0.5, 0.6) is 0 Å². The van der Waals surface area contributed by atoms with E-state index in [-0.39, 0.29) is 0 Å². The minimum absolute atomic E-state index is 0.722. The monoisotopic (exact) mass is 212 g/mol. The van der Waals surface area contributed by atoms with Crippen molar-refractivity contribution in [2.45, 2.75) is 25.5 Å². The van der Waals surface area contributed by atoms with Gasteiger partial charge in [-0.2, -0.15) is 0 Å². The van der Waals surface area contributed by atoms with Crippen LogP contribution in [0.1, 0.15) is 20.3 Å². The molecule has 0 aliphatic carbocycles. The van der Waals surface area contributed by atoms with Gasteiger partial charge in [0.05, 0.1) is 0 Å². The van der Waals surface area contributed by atoms with E-state index in [1.54, 1.807) is 0 Å². The summed E-state index contributed by atoms with van der Waals surface area (Å²) in [6, 6.07) is 0. The number of rotatable bonds is 2. The van der Waals surface area contributed by atoms with Gasteiger partial charge in [0.15, 0.2) is 0 Å². The first-order valence-electron chi connectivity index (χ1n) is 4.49. The summed E-state index contributed by atoms with van der Waals surface area (Å²) in [7, 11) is 3.80. The Morgan fingerprint density at radius 1 is 1.54 bits per heavy atom. The molecule has 72 valence electrons. The van der Waals surface area contributed by atoms with Crippen molar-refractivity contribution in [1.82, 2.24) is 0 Å². The molecule has 0 bridgehead atoms. The van der Waals surface area contributed by atoms with Gasteiger partial charge in [-0.3, -0.25) is 0 Å². The van der Waals surface area contributed by atoms with Crippen LogP contribution < -0.4 is 0 Å². The highest BCUT2D eigenvalue weighted by molar-refractivity contribution is 8.78. The van der Waals surface area contributed by atoms with Gasteiger partial charge in [-0.1, -0.05) is 54.7 Å². The largest absolute Gasteiger partial charge is 0.0990 e. The van der Waals surface area contributed by atoms with Gasteiger partial charge in [0.25, 0.3) is 0 Å². The second-order valence-electron chi connectivity index (χ2n) is 3.54. The third-order valence-corrected chi connectivity index (χ3v) is 5.30. The Morgan fingerprint density at radius 2 is 2.23 bits per heavy atom. The first-order valence-corrected chi connectivity index (χ1v) is 6.70. The fourth-order valence-electron chi connectivity index (χ4n) is 1.15. The summed E-state index contributed by atoms with van der Waals surface area (Å²) < 4.78 is 0. The lowest BCUT2D eigenvalue weighted by Gasteiger charge is -2.27. The first-order chi connectivity index (χ1) is 6.15. The molecule has 1 heterocycles. The van der Waals surface area contributed by atoms with Crippen molar-refractivity contribution < 1.29 is 0 Å². The SMILES string of the molecule is C=C/C=C1/SSC(C(C)C)CC1=C. The molecule has 1 aliphatic rings. The lowest BCUT2D eigenvalue weighted by molar-refractivity contribution is 0.607. The third kappa shape index (κ3) is 2.96. The maximum absolute atomic E-state index is 4.10. The highest BCUT2D eigenvalue weighted by Crippen LogP contribution is 2.48. The van der Waals surface area contributed by atoms with Crippen molar-refractivity contribution in [2.24, 2.45) is 5.92 Å².